The van der Waals surface area contributed by atoms with Crippen molar-refractivity contribution in [3.63, 3.8) is 0 Å². The van der Waals surface area contributed by atoms with Gasteiger partial charge in [0.2, 0.25) is 5.95 Å². The average Bonchev–Trinajstić information content (AvgIpc) is 2.67. The van der Waals surface area contributed by atoms with E-state index in [1.807, 2.05) is 12.4 Å². The van der Waals surface area contributed by atoms with Gasteiger partial charge in [0.25, 0.3) is 0 Å². The van der Waals surface area contributed by atoms with E-state index in [2.05, 4.69) is 21.8 Å². The molecule has 1 unspecified atom stereocenters. The van der Waals surface area contributed by atoms with Crippen LogP contribution >= 0.6 is 0 Å². The molecule has 0 bridgehead atoms. The predicted octanol–water partition coefficient (Wildman–Crippen LogP) is 1.49. The van der Waals surface area contributed by atoms with Crippen molar-refractivity contribution in [1.29, 1.82) is 0 Å². The zero-order chi connectivity index (χ0) is 9.80. The Labute approximate surface area is 84.3 Å². The molecule has 1 N–H and O–H groups in total. The standard InChI is InChI=1S/C10H17N3O/c1-2-13-6-5-11-10(13)12-9-4-3-7-14-8-9/h5-6,9H,2-4,7-8H2,1H3,(H,11,12). The lowest BCUT2D eigenvalue weighted by Crippen LogP contribution is -2.31. The molecule has 14 heavy (non-hydrogen) atoms. The number of nitrogens with zero attached hydrogens (tertiary/aromatic N) is 2. The number of hydrogen-bond donors (Lipinski definition) is 1. The van der Waals surface area contributed by atoms with Crippen LogP contribution in [0, 0.1) is 0 Å². The second kappa shape index (κ2) is 4.46. The van der Waals surface area contributed by atoms with Gasteiger partial charge < -0.3 is 14.6 Å². The highest BCUT2D eigenvalue weighted by molar-refractivity contribution is 5.27. The number of aromatic nitrogens is 2. The summed E-state index contributed by atoms with van der Waals surface area (Å²) in [5.74, 6) is 0.961. The number of hydrogen-bond acceptors (Lipinski definition) is 3. The van der Waals surface area contributed by atoms with Gasteiger partial charge in [-0.15, -0.1) is 0 Å². The fourth-order valence-corrected chi connectivity index (χ4v) is 1.74. The molecule has 2 heterocycles. The van der Waals surface area contributed by atoms with Crippen molar-refractivity contribution < 1.29 is 4.74 Å². The van der Waals surface area contributed by atoms with Crippen molar-refractivity contribution in [3.05, 3.63) is 12.4 Å². The van der Waals surface area contributed by atoms with E-state index in [4.69, 9.17) is 4.74 Å². The maximum Gasteiger partial charge on any atom is 0.203 e. The molecule has 0 saturated carbocycles. The summed E-state index contributed by atoms with van der Waals surface area (Å²) >= 11 is 0. The van der Waals surface area contributed by atoms with Crippen molar-refractivity contribution in [1.82, 2.24) is 9.55 Å². The lowest BCUT2D eigenvalue weighted by atomic mass is 10.1. The van der Waals surface area contributed by atoms with Gasteiger partial charge in [-0.05, 0) is 19.8 Å². The Kier molecular flexibility index (Phi) is 3.03. The van der Waals surface area contributed by atoms with Gasteiger partial charge in [-0.2, -0.15) is 0 Å². The van der Waals surface area contributed by atoms with Gasteiger partial charge in [0.05, 0.1) is 12.6 Å². The lowest BCUT2D eigenvalue weighted by Gasteiger charge is -2.23. The fourth-order valence-electron chi connectivity index (χ4n) is 1.74. The van der Waals surface area contributed by atoms with Crippen LogP contribution < -0.4 is 5.32 Å². The molecule has 0 radical (unpaired) electrons. The molecule has 0 aliphatic carbocycles. The van der Waals surface area contributed by atoms with E-state index in [1.165, 1.54) is 6.42 Å². The second-order valence-electron chi connectivity index (χ2n) is 3.60. The van der Waals surface area contributed by atoms with Crippen LogP contribution in [-0.4, -0.2) is 28.8 Å². The van der Waals surface area contributed by atoms with E-state index in [0.717, 1.165) is 32.1 Å². The summed E-state index contributed by atoms with van der Waals surface area (Å²) < 4.78 is 7.51. The van der Waals surface area contributed by atoms with Crippen LogP contribution in [0.15, 0.2) is 12.4 Å². The van der Waals surface area contributed by atoms with E-state index in [9.17, 15) is 0 Å². The molecule has 1 aliphatic rings. The van der Waals surface area contributed by atoms with E-state index in [1.54, 1.807) is 0 Å². The van der Waals surface area contributed by atoms with Crippen LogP contribution in [0.2, 0.25) is 0 Å². The minimum atomic E-state index is 0.427. The Balaban J connectivity index is 1.95. The van der Waals surface area contributed by atoms with Crippen molar-refractivity contribution in [2.45, 2.75) is 32.4 Å². The van der Waals surface area contributed by atoms with E-state index >= 15 is 0 Å². The lowest BCUT2D eigenvalue weighted by molar-refractivity contribution is 0.0873. The monoisotopic (exact) mass is 195 g/mol. The molecular formula is C10H17N3O. The molecule has 1 saturated heterocycles. The molecule has 2 rings (SSSR count). The molecule has 0 aromatic carbocycles. The molecule has 0 amide bonds. The van der Waals surface area contributed by atoms with Crippen LogP contribution in [0.3, 0.4) is 0 Å². The molecular weight excluding hydrogens is 178 g/mol. The van der Waals surface area contributed by atoms with Crippen LogP contribution in [-0.2, 0) is 11.3 Å². The summed E-state index contributed by atoms with van der Waals surface area (Å²) in [6, 6.07) is 0.427. The molecule has 1 atom stereocenters. The number of nitrogens with one attached hydrogen (secondary N) is 1. The highest BCUT2D eigenvalue weighted by Crippen LogP contribution is 2.12. The highest BCUT2D eigenvalue weighted by atomic mass is 16.5. The third kappa shape index (κ3) is 2.07. The Morgan fingerprint density at radius 1 is 1.71 bits per heavy atom. The summed E-state index contributed by atoms with van der Waals surface area (Å²) in [4.78, 5) is 4.28. The molecule has 78 valence electrons. The first-order chi connectivity index (χ1) is 6.90. The third-order valence-electron chi connectivity index (χ3n) is 2.55. The zero-order valence-electron chi connectivity index (χ0n) is 8.57. The summed E-state index contributed by atoms with van der Waals surface area (Å²) in [5, 5.41) is 3.41. The SMILES string of the molecule is CCn1ccnc1NC1CCCOC1. The molecule has 4 nitrogen and oxygen atoms in total. The molecule has 1 aromatic rings. The van der Waals surface area contributed by atoms with Crippen molar-refractivity contribution in [2.75, 3.05) is 18.5 Å². The van der Waals surface area contributed by atoms with Crippen molar-refractivity contribution in [2.24, 2.45) is 0 Å². The van der Waals surface area contributed by atoms with Crippen LogP contribution in [0.4, 0.5) is 5.95 Å². The Bertz CT molecular complexity index is 279. The van der Waals surface area contributed by atoms with E-state index in [-0.39, 0.29) is 0 Å². The van der Waals surface area contributed by atoms with Crippen molar-refractivity contribution >= 4 is 5.95 Å². The highest BCUT2D eigenvalue weighted by Gasteiger charge is 2.14. The normalized spacial score (nSPS) is 22.2. The summed E-state index contributed by atoms with van der Waals surface area (Å²) in [6.45, 7) is 4.77. The largest absolute Gasteiger partial charge is 0.379 e. The number of rotatable bonds is 3. The predicted molar refractivity (Wildman–Crippen MR) is 55.4 cm³/mol. The zero-order valence-corrected chi connectivity index (χ0v) is 8.57. The van der Waals surface area contributed by atoms with Gasteiger partial charge in [0.1, 0.15) is 0 Å². The Hall–Kier alpha value is -1.03. The first kappa shape index (κ1) is 9.52. The maximum atomic E-state index is 5.40. The molecule has 4 heteroatoms. The van der Waals surface area contributed by atoms with Gasteiger partial charge in [-0.25, -0.2) is 4.98 Å². The van der Waals surface area contributed by atoms with Gasteiger partial charge >= 0.3 is 0 Å². The molecule has 1 aliphatic heterocycles. The topological polar surface area (TPSA) is 39.1 Å². The van der Waals surface area contributed by atoms with Crippen LogP contribution in [0.5, 0.6) is 0 Å². The first-order valence-electron chi connectivity index (χ1n) is 5.25. The van der Waals surface area contributed by atoms with E-state index < -0.39 is 0 Å². The first-order valence-corrected chi connectivity index (χ1v) is 5.25. The van der Waals surface area contributed by atoms with Gasteiger partial charge in [0, 0.05) is 25.5 Å². The Morgan fingerprint density at radius 2 is 2.64 bits per heavy atom. The van der Waals surface area contributed by atoms with Gasteiger partial charge in [-0.3, -0.25) is 0 Å². The quantitative estimate of drug-likeness (QED) is 0.794. The number of anilines is 1. The number of aryl methyl sites for hydroxylation is 1. The van der Waals surface area contributed by atoms with Crippen LogP contribution in [0.25, 0.3) is 0 Å². The van der Waals surface area contributed by atoms with Crippen LogP contribution in [0.1, 0.15) is 19.8 Å². The maximum absolute atomic E-state index is 5.40. The van der Waals surface area contributed by atoms with Gasteiger partial charge in [0.15, 0.2) is 0 Å². The third-order valence-corrected chi connectivity index (χ3v) is 2.55. The second-order valence-corrected chi connectivity index (χ2v) is 3.60. The Morgan fingerprint density at radius 3 is 3.36 bits per heavy atom. The minimum Gasteiger partial charge on any atom is -0.379 e. The summed E-state index contributed by atoms with van der Waals surface area (Å²) in [7, 11) is 0. The summed E-state index contributed by atoms with van der Waals surface area (Å²) in [5.41, 5.74) is 0. The molecule has 0 spiro atoms. The summed E-state index contributed by atoms with van der Waals surface area (Å²) in [6.07, 6.45) is 6.14. The minimum absolute atomic E-state index is 0.427. The average molecular weight is 195 g/mol. The fraction of sp³-hybridized carbons (Fsp3) is 0.700. The molecule has 1 fully saturated rings. The van der Waals surface area contributed by atoms with E-state index in [0.29, 0.717) is 6.04 Å². The number of imidazole rings is 1. The van der Waals surface area contributed by atoms with Gasteiger partial charge in [-0.1, -0.05) is 0 Å². The molecule has 1 aromatic heterocycles. The smallest absolute Gasteiger partial charge is 0.203 e. The van der Waals surface area contributed by atoms with Crippen molar-refractivity contribution in [3.8, 4) is 0 Å². The number of ether oxygens (including phenoxy) is 1.